The maximum absolute atomic E-state index is 13.9. The number of methoxy groups -OCH3 is 2. The number of rotatable bonds is 6. The Bertz CT molecular complexity index is 1730. The third kappa shape index (κ3) is 4.34. The van der Waals surface area contributed by atoms with Crippen molar-refractivity contribution in [2.75, 3.05) is 20.8 Å². The highest BCUT2D eigenvalue weighted by Gasteiger charge is 2.33. The lowest BCUT2D eigenvalue weighted by Crippen LogP contribution is -2.40. The topological polar surface area (TPSA) is 79.1 Å². The minimum atomic E-state index is -0.732. The highest BCUT2D eigenvalue weighted by molar-refractivity contribution is 7.07. The molecule has 4 aromatic rings. The summed E-state index contributed by atoms with van der Waals surface area (Å²) in [6.07, 6.45) is 1.89. The Hall–Kier alpha value is -4.17. The molecule has 0 amide bonds. The summed E-state index contributed by atoms with van der Waals surface area (Å²) in [7, 11) is 3.10. The van der Waals surface area contributed by atoms with Crippen LogP contribution in [0, 0.1) is 0 Å². The second kappa shape index (κ2) is 10.1. The molecular weight excluding hydrogens is 488 g/mol. The molecule has 37 heavy (non-hydrogen) atoms. The van der Waals surface area contributed by atoms with E-state index in [1.807, 2.05) is 54.6 Å². The van der Waals surface area contributed by atoms with Crippen molar-refractivity contribution in [2.24, 2.45) is 4.99 Å². The summed E-state index contributed by atoms with van der Waals surface area (Å²) in [5.41, 5.74) is 2.22. The van der Waals surface area contributed by atoms with Gasteiger partial charge in [0.1, 0.15) is 0 Å². The lowest BCUT2D eigenvalue weighted by Gasteiger charge is -2.25. The molecule has 8 heteroatoms. The Balaban J connectivity index is 1.76. The molecule has 0 N–H and O–H groups in total. The molecule has 0 spiro atoms. The van der Waals surface area contributed by atoms with E-state index in [4.69, 9.17) is 14.2 Å². The van der Waals surface area contributed by atoms with Gasteiger partial charge in [-0.15, -0.1) is 0 Å². The van der Waals surface area contributed by atoms with Crippen molar-refractivity contribution in [2.45, 2.75) is 19.9 Å². The molecule has 7 nitrogen and oxygen atoms in total. The second-order valence-corrected chi connectivity index (χ2v) is 9.49. The minimum absolute atomic E-state index is 0.208. The van der Waals surface area contributed by atoms with E-state index < -0.39 is 12.0 Å². The average Bonchev–Trinajstić information content (AvgIpc) is 3.21. The van der Waals surface area contributed by atoms with Crippen molar-refractivity contribution in [3.63, 3.8) is 0 Å². The van der Waals surface area contributed by atoms with Crippen LogP contribution in [0.2, 0.25) is 0 Å². The number of nitrogens with zero attached hydrogens (tertiary/aromatic N) is 2. The molecule has 1 aliphatic heterocycles. The van der Waals surface area contributed by atoms with Crippen LogP contribution < -0.4 is 24.4 Å². The number of carbonyl (C=O) groups excluding carboxylic acids is 1. The fourth-order valence-electron chi connectivity index (χ4n) is 4.65. The Morgan fingerprint density at radius 1 is 1.05 bits per heavy atom. The van der Waals surface area contributed by atoms with Crippen LogP contribution in [0.4, 0.5) is 0 Å². The summed E-state index contributed by atoms with van der Waals surface area (Å²) >= 11 is 1.30. The van der Waals surface area contributed by atoms with Crippen LogP contribution in [-0.2, 0) is 9.53 Å². The van der Waals surface area contributed by atoms with Gasteiger partial charge in [0, 0.05) is 0 Å². The van der Waals surface area contributed by atoms with Gasteiger partial charge in [-0.25, -0.2) is 9.79 Å². The summed E-state index contributed by atoms with van der Waals surface area (Å²) in [6.45, 7) is 3.72. The van der Waals surface area contributed by atoms with Crippen molar-refractivity contribution in [1.29, 1.82) is 0 Å². The van der Waals surface area contributed by atoms with Gasteiger partial charge in [-0.05, 0) is 54.0 Å². The summed E-state index contributed by atoms with van der Waals surface area (Å²) in [5, 5.41) is 2.14. The molecular formula is C29H26N2O5S. The number of aromatic nitrogens is 1. The number of hydrogen-bond donors (Lipinski definition) is 0. The molecule has 0 fully saturated rings. The van der Waals surface area contributed by atoms with E-state index in [0.717, 1.165) is 16.3 Å². The Morgan fingerprint density at radius 3 is 2.57 bits per heavy atom. The van der Waals surface area contributed by atoms with E-state index in [9.17, 15) is 9.59 Å². The minimum Gasteiger partial charge on any atom is -0.493 e. The van der Waals surface area contributed by atoms with Gasteiger partial charge in [0.15, 0.2) is 16.3 Å². The van der Waals surface area contributed by atoms with Gasteiger partial charge in [-0.1, -0.05) is 59.9 Å². The quantitative estimate of drug-likeness (QED) is 0.364. The first kappa shape index (κ1) is 24.5. The largest absolute Gasteiger partial charge is 0.493 e. The Kier molecular flexibility index (Phi) is 6.67. The molecule has 1 aromatic heterocycles. The second-order valence-electron chi connectivity index (χ2n) is 8.49. The molecule has 0 saturated heterocycles. The van der Waals surface area contributed by atoms with Crippen LogP contribution in [0.15, 0.2) is 81.7 Å². The van der Waals surface area contributed by atoms with Gasteiger partial charge in [0.05, 0.1) is 42.7 Å². The summed E-state index contributed by atoms with van der Waals surface area (Å²) in [6, 6.07) is 18.7. The van der Waals surface area contributed by atoms with E-state index in [2.05, 4.69) is 4.99 Å². The molecule has 1 atom stereocenters. The zero-order valence-electron chi connectivity index (χ0n) is 21.0. The first-order valence-corrected chi connectivity index (χ1v) is 12.7. The zero-order valence-corrected chi connectivity index (χ0v) is 21.8. The van der Waals surface area contributed by atoms with Crippen molar-refractivity contribution < 1.29 is 19.0 Å². The normalized spacial score (nSPS) is 15.4. The van der Waals surface area contributed by atoms with Gasteiger partial charge in [0.2, 0.25) is 0 Å². The Labute approximate surface area is 217 Å². The van der Waals surface area contributed by atoms with Crippen LogP contribution in [0.5, 0.6) is 11.5 Å². The van der Waals surface area contributed by atoms with Crippen LogP contribution in [0.3, 0.4) is 0 Å². The third-order valence-electron chi connectivity index (χ3n) is 6.35. The fraction of sp³-hybridized carbons (Fsp3) is 0.207. The maximum atomic E-state index is 13.9. The number of esters is 1. The van der Waals surface area contributed by atoms with Crippen LogP contribution >= 0.6 is 11.3 Å². The molecule has 188 valence electrons. The van der Waals surface area contributed by atoms with Crippen molar-refractivity contribution in [3.8, 4) is 11.5 Å². The number of benzene rings is 3. The van der Waals surface area contributed by atoms with Gasteiger partial charge in [-0.3, -0.25) is 9.36 Å². The van der Waals surface area contributed by atoms with Crippen LogP contribution in [0.25, 0.3) is 16.8 Å². The summed E-state index contributed by atoms with van der Waals surface area (Å²) in [5.74, 6) is 0.538. The maximum Gasteiger partial charge on any atom is 0.338 e. The fourth-order valence-corrected chi connectivity index (χ4v) is 5.68. The van der Waals surface area contributed by atoms with E-state index >= 15 is 0 Å². The van der Waals surface area contributed by atoms with Crippen LogP contribution in [0.1, 0.15) is 31.0 Å². The van der Waals surface area contributed by atoms with Gasteiger partial charge < -0.3 is 14.2 Å². The van der Waals surface area contributed by atoms with Gasteiger partial charge in [0.25, 0.3) is 5.56 Å². The summed E-state index contributed by atoms with van der Waals surface area (Å²) < 4.78 is 18.4. The lowest BCUT2D eigenvalue weighted by molar-refractivity contribution is -0.139. The monoisotopic (exact) mass is 514 g/mol. The zero-order chi connectivity index (χ0) is 26.1. The third-order valence-corrected chi connectivity index (χ3v) is 7.33. The molecule has 5 rings (SSSR count). The smallest absolute Gasteiger partial charge is 0.338 e. The first-order valence-electron chi connectivity index (χ1n) is 11.9. The van der Waals surface area contributed by atoms with Crippen LogP contribution in [-0.4, -0.2) is 31.4 Å². The number of ether oxygens (including phenoxy) is 3. The SMILES string of the molecule is CCOC(=O)C1=C(C)N=c2sc(=Cc3cccc4ccccc34)c(=O)n2[C@@H]1c1ccc(OC)c(OC)c1. The van der Waals surface area contributed by atoms with Gasteiger partial charge in [-0.2, -0.15) is 0 Å². The molecule has 0 unspecified atom stereocenters. The highest BCUT2D eigenvalue weighted by Crippen LogP contribution is 2.36. The van der Waals surface area contributed by atoms with E-state index in [1.54, 1.807) is 44.8 Å². The number of hydrogen-bond acceptors (Lipinski definition) is 7. The molecule has 0 bridgehead atoms. The molecule has 3 aromatic carbocycles. The van der Waals surface area contributed by atoms with E-state index in [0.29, 0.717) is 37.7 Å². The molecule has 2 heterocycles. The molecule has 0 radical (unpaired) electrons. The number of thiazole rings is 1. The standard InChI is InChI=1S/C29H26N2O5S/c1-5-36-28(33)25-17(2)30-29-31(26(25)20-13-14-22(34-3)23(15-20)35-4)27(32)24(37-29)16-19-11-8-10-18-9-6-7-12-21(18)19/h6-16,26H,5H2,1-4H3/t26-/m1/s1. The van der Waals surface area contributed by atoms with Crippen molar-refractivity contribution in [3.05, 3.63) is 103 Å². The molecule has 0 saturated carbocycles. The predicted octanol–water partition coefficient (Wildman–Crippen LogP) is 3.97. The lowest BCUT2D eigenvalue weighted by atomic mass is 9.95. The molecule has 0 aliphatic carbocycles. The highest BCUT2D eigenvalue weighted by atomic mass is 32.1. The predicted molar refractivity (Wildman–Crippen MR) is 144 cm³/mol. The number of allylic oxidation sites excluding steroid dienone is 1. The van der Waals surface area contributed by atoms with Crippen molar-refractivity contribution >= 4 is 34.2 Å². The van der Waals surface area contributed by atoms with Gasteiger partial charge >= 0.3 is 5.97 Å². The van der Waals surface area contributed by atoms with E-state index in [-0.39, 0.29) is 12.2 Å². The average molecular weight is 515 g/mol. The summed E-state index contributed by atoms with van der Waals surface area (Å²) in [4.78, 5) is 32.2. The number of carbonyl (C=O) groups is 1. The van der Waals surface area contributed by atoms with E-state index in [1.165, 1.54) is 11.3 Å². The Morgan fingerprint density at radius 2 is 1.81 bits per heavy atom. The molecule has 1 aliphatic rings. The number of fused-ring (bicyclic) bond motifs is 2. The first-order chi connectivity index (χ1) is 18.0. The van der Waals surface area contributed by atoms with Crippen molar-refractivity contribution in [1.82, 2.24) is 4.57 Å².